The molecule has 1 amide bonds. The number of alkyl halides is 3. The van der Waals surface area contributed by atoms with Gasteiger partial charge in [-0.25, -0.2) is 18.2 Å². The van der Waals surface area contributed by atoms with Crippen molar-refractivity contribution in [2.75, 3.05) is 6.54 Å². The van der Waals surface area contributed by atoms with E-state index >= 15 is 0 Å². The summed E-state index contributed by atoms with van der Waals surface area (Å²) in [6.07, 6.45) is -5.80. The molecule has 0 saturated carbocycles. The quantitative estimate of drug-likeness (QED) is 0.277. The molecule has 7 N–H and O–H groups in total. The molecular formula is C22H26F6N6O2. The number of carbonyl (C=O) groups excluding carboxylic acids is 2. The summed E-state index contributed by atoms with van der Waals surface area (Å²) in [5.41, 5.74) is 16.6. The number of carbonyl (C=O) groups is 2. The zero-order valence-electron chi connectivity index (χ0n) is 19.0. The monoisotopic (exact) mass is 520 g/mol. The Morgan fingerprint density at radius 2 is 1.75 bits per heavy atom. The van der Waals surface area contributed by atoms with Crippen LogP contribution in [0.1, 0.15) is 48.0 Å². The van der Waals surface area contributed by atoms with Crippen molar-refractivity contribution in [2.45, 2.75) is 63.0 Å². The van der Waals surface area contributed by atoms with Crippen molar-refractivity contribution in [3.8, 4) is 0 Å². The summed E-state index contributed by atoms with van der Waals surface area (Å²) in [6.45, 7) is 0.270. The van der Waals surface area contributed by atoms with E-state index in [9.17, 15) is 35.9 Å². The molecule has 1 aromatic heterocycles. The first kappa shape index (κ1) is 27.6. The van der Waals surface area contributed by atoms with Crippen LogP contribution in [0.5, 0.6) is 0 Å². The summed E-state index contributed by atoms with van der Waals surface area (Å²) in [5.74, 6) is -7.57. The first-order valence-corrected chi connectivity index (χ1v) is 11.1. The number of fused-ring (bicyclic) bond motifs is 1. The minimum atomic E-state index is -4.78. The third-order valence-electron chi connectivity index (χ3n) is 6.05. The Morgan fingerprint density at radius 3 is 2.39 bits per heavy atom. The van der Waals surface area contributed by atoms with Gasteiger partial charge < -0.3 is 27.1 Å². The maximum atomic E-state index is 14.0. The first-order chi connectivity index (χ1) is 16.8. The van der Waals surface area contributed by atoms with Gasteiger partial charge in [0.1, 0.15) is 11.6 Å². The summed E-state index contributed by atoms with van der Waals surface area (Å²) in [5, 5.41) is 2.94. The minimum absolute atomic E-state index is 0.0200. The van der Waals surface area contributed by atoms with Crippen LogP contribution in [-0.2, 0) is 35.3 Å². The number of benzene rings is 1. The standard InChI is InChI=1S/C22H26F6N6O2/c23-13-8-15(25)14(24)6-10(13)5-11(29)7-18(35)12(1-2-16(30)20(31)36)19-17-9-32-3-4-34(17)21(33-19)22(26,27)28/h6,8,11-12,16,32H,1-5,7,9,29-30H2,(H2,31,36)/t11-,12+,16-/m1/s1. The maximum absolute atomic E-state index is 14.0. The van der Waals surface area contributed by atoms with E-state index in [4.69, 9.17) is 17.2 Å². The Balaban J connectivity index is 1.90. The van der Waals surface area contributed by atoms with E-state index in [-0.39, 0.29) is 55.8 Å². The molecule has 36 heavy (non-hydrogen) atoms. The molecule has 0 saturated heterocycles. The first-order valence-electron chi connectivity index (χ1n) is 11.1. The summed E-state index contributed by atoms with van der Waals surface area (Å²) >= 11 is 0. The average Bonchev–Trinajstić information content (AvgIpc) is 3.17. The fourth-order valence-corrected chi connectivity index (χ4v) is 4.24. The molecule has 14 heteroatoms. The van der Waals surface area contributed by atoms with Crippen LogP contribution in [-0.4, -0.2) is 39.9 Å². The van der Waals surface area contributed by atoms with E-state index in [1.165, 1.54) is 0 Å². The molecule has 198 valence electrons. The van der Waals surface area contributed by atoms with E-state index < -0.39 is 65.6 Å². The predicted molar refractivity (Wildman–Crippen MR) is 116 cm³/mol. The Hall–Kier alpha value is -2.97. The van der Waals surface area contributed by atoms with Gasteiger partial charge in [0.15, 0.2) is 11.6 Å². The number of hydrogen-bond donors (Lipinski definition) is 4. The Morgan fingerprint density at radius 1 is 1.08 bits per heavy atom. The summed E-state index contributed by atoms with van der Waals surface area (Å²) in [4.78, 5) is 28.4. The molecule has 0 aliphatic carbocycles. The number of amides is 1. The lowest BCUT2D eigenvalue weighted by atomic mass is 9.87. The number of rotatable bonds is 10. The number of primary amides is 1. The Kier molecular flexibility index (Phi) is 8.41. The van der Waals surface area contributed by atoms with Gasteiger partial charge in [-0.3, -0.25) is 9.59 Å². The number of nitrogens with one attached hydrogen (secondary N) is 1. The molecule has 0 radical (unpaired) electrons. The summed E-state index contributed by atoms with van der Waals surface area (Å²) in [7, 11) is 0. The molecule has 8 nitrogen and oxygen atoms in total. The largest absolute Gasteiger partial charge is 0.449 e. The minimum Gasteiger partial charge on any atom is -0.368 e. The van der Waals surface area contributed by atoms with Gasteiger partial charge in [0.2, 0.25) is 11.7 Å². The third kappa shape index (κ3) is 6.23. The number of imidazole rings is 1. The van der Waals surface area contributed by atoms with E-state index in [1.807, 2.05) is 0 Å². The van der Waals surface area contributed by atoms with E-state index in [1.54, 1.807) is 0 Å². The lowest BCUT2D eigenvalue weighted by Gasteiger charge is -2.22. The lowest BCUT2D eigenvalue weighted by molar-refractivity contribution is -0.147. The number of nitrogens with zero attached hydrogens (tertiary/aromatic N) is 2. The SMILES string of the molecule is NC(=O)[C@H](N)CC[C@@H](C(=O)C[C@H](N)Cc1cc(F)c(F)cc1F)c1nc(C(F)(F)F)n2c1CNCC2. The van der Waals surface area contributed by atoms with Crippen molar-refractivity contribution in [1.29, 1.82) is 0 Å². The van der Waals surface area contributed by atoms with Gasteiger partial charge in [-0.2, -0.15) is 13.2 Å². The number of nitrogens with two attached hydrogens (primary N) is 3. The van der Waals surface area contributed by atoms with Crippen LogP contribution in [0.4, 0.5) is 26.3 Å². The molecule has 2 heterocycles. The van der Waals surface area contributed by atoms with Gasteiger partial charge in [0, 0.05) is 38.2 Å². The Bertz CT molecular complexity index is 1140. The number of Topliss-reactive ketones (excluding diaryl/α,β-unsaturated/α-hetero) is 1. The van der Waals surface area contributed by atoms with Crippen molar-refractivity contribution >= 4 is 11.7 Å². The van der Waals surface area contributed by atoms with Crippen molar-refractivity contribution in [3.05, 3.63) is 52.4 Å². The highest BCUT2D eigenvalue weighted by Crippen LogP contribution is 2.35. The van der Waals surface area contributed by atoms with Crippen molar-refractivity contribution in [1.82, 2.24) is 14.9 Å². The van der Waals surface area contributed by atoms with Crippen LogP contribution < -0.4 is 22.5 Å². The van der Waals surface area contributed by atoms with Gasteiger partial charge in [-0.15, -0.1) is 0 Å². The third-order valence-corrected chi connectivity index (χ3v) is 6.05. The van der Waals surface area contributed by atoms with Gasteiger partial charge in [-0.1, -0.05) is 0 Å². The van der Waals surface area contributed by atoms with Crippen LogP contribution in [0, 0.1) is 17.5 Å². The van der Waals surface area contributed by atoms with E-state index in [0.29, 0.717) is 12.1 Å². The number of halogens is 6. The highest BCUT2D eigenvalue weighted by Gasteiger charge is 2.41. The molecule has 0 spiro atoms. The fraction of sp³-hybridized carbons (Fsp3) is 0.500. The number of aromatic nitrogens is 2. The van der Waals surface area contributed by atoms with Crippen molar-refractivity contribution in [3.63, 3.8) is 0 Å². The normalized spacial score (nSPS) is 16.3. The number of hydrogen-bond acceptors (Lipinski definition) is 6. The van der Waals surface area contributed by atoms with E-state index in [2.05, 4.69) is 10.3 Å². The van der Waals surface area contributed by atoms with Gasteiger partial charge >= 0.3 is 6.18 Å². The predicted octanol–water partition coefficient (Wildman–Crippen LogP) is 1.63. The molecule has 3 atom stereocenters. The van der Waals surface area contributed by atoms with Crippen LogP contribution in [0.25, 0.3) is 0 Å². The zero-order valence-corrected chi connectivity index (χ0v) is 19.0. The fourth-order valence-electron chi connectivity index (χ4n) is 4.24. The molecule has 0 fully saturated rings. The second-order valence-corrected chi connectivity index (χ2v) is 8.72. The summed E-state index contributed by atoms with van der Waals surface area (Å²) in [6, 6.07) is -1.23. The molecule has 0 unspecified atom stereocenters. The molecule has 3 rings (SSSR count). The topological polar surface area (TPSA) is 142 Å². The van der Waals surface area contributed by atoms with E-state index in [0.717, 1.165) is 4.57 Å². The number of ketones is 1. The molecular weight excluding hydrogens is 494 g/mol. The average molecular weight is 520 g/mol. The summed E-state index contributed by atoms with van der Waals surface area (Å²) < 4.78 is 82.6. The van der Waals surface area contributed by atoms with Crippen LogP contribution in [0.15, 0.2) is 12.1 Å². The maximum Gasteiger partial charge on any atom is 0.449 e. The Labute approximate surface area is 202 Å². The van der Waals surface area contributed by atoms with Crippen molar-refractivity contribution in [2.24, 2.45) is 17.2 Å². The van der Waals surface area contributed by atoms with Gasteiger partial charge in [-0.05, 0) is 30.9 Å². The van der Waals surface area contributed by atoms with Gasteiger partial charge in [0.25, 0.3) is 0 Å². The van der Waals surface area contributed by atoms with Crippen LogP contribution >= 0.6 is 0 Å². The zero-order chi connectivity index (χ0) is 26.8. The second kappa shape index (κ2) is 11.0. The lowest BCUT2D eigenvalue weighted by Crippen LogP contribution is -2.37. The molecule has 1 aliphatic rings. The molecule has 0 bridgehead atoms. The molecule has 1 aromatic carbocycles. The van der Waals surface area contributed by atoms with Gasteiger partial charge in [0.05, 0.1) is 23.3 Å². The van der Waals surface area contributed by atoms with Crippen LogP contribution in [0.3, 0.4) is 0 Å². The molecule has 2 aromatic rings. The highest BCUT2D eigenvalue weighted by atomic mass is 19.4. The smallest absolute Gasteiger partial charge is 0.368 e. The second-order valence-electron chi connectivity index (χ2n) is 8.72. The highest BCUT2D eigenvalue weighted by molar-refractivity contribution is 5.86. The molecule has 1 aliphatic heterocycles. The van der Waals surface area contributed by atoms with Crippen molar-refractivity contribution < 1.29 is 35.9 Å². The van der Waals surface area contributed by atoms with Crippen LogP contribution in [0.2, 0.25) is 0 Å².